The summed E-state index contributed by atoms with van der Waals surface area (Å²) in [7, 11) is 5.22. The third-order valence-corrected chi connectivity index (χ3v) is 4.66. The number of hydrogen-bond donors (Lipinski definition) is 2. The molecular weight excluding hydrogens is 503 g/mol. The zero-order valence-corrected chi connectivity index (χ0v) is 21.3. The maximum Gasteiger partial charge on any atom is 0.253 e. The third kappa shape index (κ3) is 9.59. The van der Waals surface area contributed by atoms with E-state index in [0.29, 0.717) is 0 Å². The van der Waals surface area contributed by atoms with Crippen LogP contribution in [-0.4, -0.2) is 57.6 Å². The first kappa shape index (κ1) is 26.7. The maximum absolute atomic E-state index is 12.1. The molecule has 31 heavy (non-hydrogen) atoms. The van der Waals surface area contributed by atoms with Crippen molar-refractivity contribution in [3.63, 3.8) is 0 Å². The highest BCUT2D eigenvalue weighted by molar-refractivity contribution is 14.0. The number of carbonyl (C=O) groups excluding carboxylic acids is 1. The Kier molecular flexibility index (Phi) is 12.7. The molecule has 6 nitrogen and oxygen atoms in total. The molecule has 1 amide bonds. The Labute approximate surface area is 203 Å². The molecule has 0 heterocycles. The van der Waals surface area contributed by atoms with Crippen molar-refractivity contribution in [2.75, 3.05) is 40.8 Å². The standard InChI is InChI=1S/C24H34N4O2.HI/c1-5-25-24(26-15-8-11-19-10-7-13-22(18-19)30-4)27-16-14-20-9-6-12-21(17-20)23(29)28(2)3;/h6-7,9-10,12-13,17-18H,5,8,11,14-16H2,1-4H3,(H2,25,26,27);1H. The van der Waals surface area contributed by atoms with Crippen molar-refractivity contribution in [3.8, 4) is 5.75 Å². The van der Waals surface area contributed by atoms with Crippen molar-refractivity contribution < 1.29 is 9.53 Å². The van der Waals surface area contributed by atoms with Crippen LogP contribution in [-0.2, 0) is 12.8 Å². The number of methoxy groups -OCH3 is 1. The van der Waals surface area contributed by atoms with Crippen molar-refractivity contribution in [3.05, 3.63) is 65.2 Å². The van der Waals surface area contributed by atoms with Gasteiger partial charge in [0.2, 0.25) is 0 Å². The zero-order valence-electron chi connectivity index (χ0n) is 19.0. The number of guanidine groups is 1. The quantitative estimate of drug-likeness (QED) is 0.209. The van der Waals surface area contributed by atoms with Crippen LogP contribution >= 0.6 is 24.0 Å². The van der Waals surface area contributed by atoms with Crippen LogP contribution in [0.2, 0.25) is 0 Å². The average molecular weight is 538 g/mol. The normalized spacial score (nSPS) is 10.8. The van der Waals surface area contributed by atoms with Crippen LogP contribution in [0.25, 0.3) is 0 Å². The highest BCUT2D eigenvalue weighted by atomic mass is 127. The minimum atomic E-state index is 0. The van der Waals surface area contributed by atoms with Gasteiger partial charge in [0.05, 0.1) is 7.11 Å². The van der Waals surface area contributed by atoms with E-state index in [2.05, 4.69) is 34.7 Å². The lowest BCUT2D eigenvalue weighted by molar-refractivity contribution is 0.0827. The fourth-order valence-corrected chi connectivity index (χ4v) is 3.09. The summed E-state index contributed by atoms with van der Waals surface area (Å²) in [4.78, 5) is 18.4. The van der Waals surface area contributed by atoms with Crippen LogP contribution in [0.5, 0.6) is 5.75 Å². The highest BCUT2D eigenvalue weighted by Gasteiger charge is 2.08. The number of nitrogens with zero attached hydrogens (tertiary/aromatic N) is 2. The minimum absolute atomic E-state index is 0. The van der Waals surface area contributed by atoms with Crippen LogP contribution in [0.15, 0.2) is 53.5 Å². The van der Waals surface area contributed by atoms with Gasteiger partial charge in [0, 0.05) is 39.3 Å². The largest absolute Gasteiger partial charge is 0.497 e. The van der Waals surface area contributed by atoms with Crippen LogP contribution in [0, 0.1) is 0 Å². The van der Waals surface area contributed by atoms with Gasteiger partial charge >= 0.3 is 0 Å². The molecule has 0 aliphatic carbocycles. The Balaban J connectivity index is 0.00000480. The van der Waals surface area contributed by atoms with Crippen LogP contribution in [0.3, 0.4) is 0 Å². The van der Waals surface area contributed by atoms with E-state index in [-0.39, 0.29) is 29.9 Å². The Morgan fingerprint density at radius 1 is 1.03 bits per heavy atom. The van der Waals surface area contributed by atoms with Crippen molar-refractivity contribution in [1.29, 1.82) is 0 Å². The number of nitrogens with one attached hydrogen (secondary N) is 2. The Morgan fingerprint density at radius 3 is 2.42 bits per heavy atom. The van der Waals surface area contributed by atoms with Crippen LogP contribution in [0.1, 0.15) is 34.8 Å². The van der Waals surface area contributed by atoms with Gasteiger partial charge in [-0.25, -0.2) is 0 Å². The van der Waals surface area contributed by atoms with Crippen molar-refractivity contribution in [2.24, 2.45) is 4.99 Å². The predicted molar refractivity (Wildman–Crippen MR) is 139 cm³/mol. The monoisotopic (exact) mass is 538 g/mol. The molecule has 2 aromatic carbocycles. The van der Waals surface area contributed by atoms with Gasteiger partial charge in [0.15, 0.2) is 5.96 Å². The van der Waals surface area contributed by atoms with Gasteiger partial charge in [-0.1, -0.05) is 24.3 Å². The second-order valence-corrected chi connectivity index (χ2v) is 7.29. The summed E-state index contributed by atoms with van der Waals surface area (Å²) in [5.74, 6) is 1.74. The molecule has 0 spiro atoms. The fraction of sp³-hybridized carbons (Fsp3) is 0.417. The second-order valence-electron chi connectivity index (χ2n) is 7.29. The summed E-state index contributed by atoms with van der Waals surface area (Å²) in [6.07, 6.45) is 2.76. The molecule has 0 atom stereocenters. The number of carbonyl (C=O) groups is 1. The van der Waals surface area contributed by atoms with Crippen molar-refractivity contribution in [1.82, 2.24) is 15.5 Å². The van der Waals surface area contributed by atoms with Gasteiger partial charge in [-0.3, -0.25) is 9.79 Å². The molecule has 7 heteroatoms. The lowest BCUT2D eigenvalue weighted by Gasteiger charge is -2.13. The summed E-state index contributed by atoms with van der Waals surface area (Å²) in [5.41, 5.74) is 3.11. The first-order valence-electron chi connectivity index (χ1n) is 10.5. The third-order valence-electron chi connectivity index (χ3n) is 4.66. The summed E-state index contributed by atoms with van der Waals surface area (Å²) in [5, 5.41) is 6.67. The number of ether oxygens (including phenoxy) is 1. The molecule has 2 rings (SSSR count). The summed E-state index contributed by atoms with van der Waals surface area (Å²) < 4.78 is 5.28. The summed E-state index contributed by atoms with van der Waals surface area (Å²) in [6, 6.07) is 16.0. The molecule has 0 aliphatic heterocycles. The molecule has 0 aromatic heterocycles. The van der Waals surface area contributed by atoms with E-state index < -0.39 is 0 Å². The number of hydrogen-bond acceptors (Lipinski definition) is 3. The molecule has 170 valence electrons. The molecule has 2 N–H and O–H groups in total. The SMILES string of the molecule is CCNC(=NCCCc1cccc(OC)c1)NCCc1cccc(C(=O)N(C)C)c1.I. The van der Waals surface area contributed by atoms with E-state index in [9.17, 15) is 4.79 Å². The number of benzene rings is 2. The molecule has 0 radical (unpaired) electrons. The Hall–Kier alpha value is -2.29. The predicted octanol–water partition coefficient (Wildman–Crippen LogP) is 3.75. The van der Waals surface area contributed by atoms with E-state index >= 15 is 0 Å². The molecular formula is C24H35IN4O2. The summed E-state index contributed by atoms with van der Waals surface area (Å²) >= 11 is 0. The van der Waals surface area contributed by atoms with E-state index in [1.807, 2.05) is 36.4 Å². The first-order valence-corrected chi connectivity index (χ1v) is 10.5. The average Bonchev–Trinajstić information content (AvgIpc) is 2.76. The number of aliphatic imine (C=N–C) groups is 1. The Morgan fingerprint density at radius 2 is 1.74 bits per heavy atom. The topological polar surface area (TPSA) is 66.0 Å². The number of amides is 1. The van der Waals surface area contributed by atoms with E-state index in [1.54, 1.807) is 26.1 Å². The van der Waals surface area contributed by atoms with Crippen molar-refractivity contribution in [2.45, 2.75) is 26.2 Å². The molecule has 0 unspecified atom stereocenters. The minimum Gasteiger partial charge on any atom is -0.497 e. The van der Waals surface area contributed by atoms with Gasteiger partial charge in [-0.2, -0.15) is 0 Å². The van der Waals surface area contributed by atoms with E-state index in [0.717, 1.165) is 61.7 Å². The summed E-state index contributed by atoms with van der Waals surface area (Å²) in [6.45, 7) is 4.37. The molecule has 0 bridgehead atoms. The lowest BCUT2D eigenvalue weighted by atomic mass is 10.1. The van der Waals surface area contributed by atoms with Crippen molar-refractivity contribution >= 4 is 35.8 Å². The zero-order chi connectivity index (χ0) is 21.8. The van der Waals surface area contributed by atoms with Gasteiger partial charge in [0.25, 0.3) is 5.91 Å². The molecule has 0 aliphatic rings. The second kappa shape index (κ2) is 14.7. The van der Waals surface area contributed by atoms with Gasteiger partial charge in [0.1, 0.15) is 5.75 Å². The van der Waals surface area contributed by atoms with Gasteiger partial charge in [-0.05, 0) is 61.6 Å². The highest BCUT2D eigenvalue weighted by Crippen LogP contribution is 2.13. The molecule has 0 fully saturated rings. The van der Waals surface area contributed by atoms with E-state index in [1.165, 1.54) is 5.56 Å². The molecule has 2 aromatic rings. The van der Waals surface area contributed by atoms with Gasteiger partial charge in [-0.15, -0.1) is 24.0 Å². The Bertz CT molecular complexity index is 840. The number of rotatable bonds is 10. The number of aryl methyl sites for hydroxylation is 1. The first-order chi connectivity index (χ1) is 14.5. The smallest absolute Gasteiger partial charge is 0.253 e. The van der Waals surface area contributed by atoms with E-state index in [4.69, 9.17) is 4.74 Å². The van der Waals surface area contributed by atoms with Gasteiger partial charge < -0.3 is 20.3 Å². The van der Waals surface area contributed by atoms with Crippen LogP contribution in [0.4, 0.5) is 0 Å². The maximum atomic E-state index is 12.1. The fourth-order valence-electron chi connectivity index (χ4n) is 3.09. The van der Waals surface area contributed by atoms with Crippen LogP contribution < -0.4 is 15.4 Å². The molecule has 0 saturated carbocycles. The molecule has 0 saturated heterocycles. The lowest BCUT2D eigenvalue weighted by Crippen LogP contribution is -2.38. The number of halogens is 1.